The van der Waals surface area contributed by atoms with Crippen molar-refractivity contribution in [3.8, 4) is 5.75 Å². The molecule has 0 spiro atoms. The zero-order valence-electron chi connectivity index (χ0n) is 12.4. The molecule has 1 N–H and O–H groups in total. The Kier molecular flexibility index (Phi) is 5.12. The van der Waals surface area contributed by atoms with Crippen LogP contribution < -0.4 is 4.74 Å². The van der Waals surface area contributed by atoms with Gasteiger partial charge in [0.2, 0.25) is 0 Å². The van der Waals surface area contributed by atoms with Crippen LogP contribution in [0.1, 0.15) is 27.0 Å². The van der Waals surface area contributed by atoms with E-state index in [1.165, 1.54) is 0 Å². The van der Waals surface area contributed by atoms with Gasteiger partial charge in [0.25, 0.3) is 0 Å². The molecule has 110 valence electrons. The SMILES string of the molecule is Cc1ccc(C(=O)COc2ccc(CCO)cc2)c(C)c1. The molecule has 0 aliphatic rings. The Morgan fingerprint density at radius 2 is 1.81 bits per heavy atom. The molecule has 3 nitrogen and oxygen atoms in total. The van der Waals surface area contributed by atoms with Gasteiger partial charge in [0.1, 0.15) is 5.75 Å². The second-order valence-electron chi connectivity index (χ2n) is 5.15. The van der Waals surface area contributed by atoms with E-state index in [9.17, 15) is 4.79 Å². The number of aliphatic hydroxyl groups excluding tert-OH is 1. The topological polar surface area (TPSA) is 46.5 Å². The summed E-state index contributed by atoms with van der Waals surface area (Å²) >= 11 is 0. The number of hydrogen-bond acceptors (Lipinski definition) is 3. The van der Waals surface area contributed by atoms with Crippen LogP contribution in [-0.2, 0) is 6.42 Å². The summed E-state index contributed by atoms with van der Waals surface area (Å²) < 4.78 is 5.53. The van der Waals surface area contributed by atoms with Gasteiger partial charge in [-0.25, -0.2) is 0 Å². The van der Waals surface area contributed by atoms with E-state index in [0.29, 0.717) is 17.7 Å². The fourth-order valence-electron chi connectivity index (χ4n) is 2.23. The summed E-state index contributed by atoms with van der Waals surface area (Å²) in [5.41, 5.74) is 3.87. The third kappa shape index (κ3) is 4.17. The van der Waals surface area contributed by atoms with Gasteiger partial charge in [-0.15, -0.1) is 0 Å². The standard InChI is InChI=1S/C18H20O3/c1-13-3-8-17(14(2)11-13)18(20)12-21-16-6-4-15(5-7-16)9-10-19/h3-8,11,19H,9-10,12H2,1-2H3. The third-order valence-corrected chi connectivity index (χ3v) is 3.38. The molecular weight excluding hydrogens is 264 g/mol. The second-order valence-corrected chi connectivity index (χ2v) is 5.15. The number of ether oxygens (including phenoxy) is 1. The maximum absolute atomic E-state index is 12.2. The van der Waals surface area contributed by atoms with E-state index in [2.05, 4.69) is 0 Å². The first-order valence-corrected chi connectivity index (χ1v) is 7.03. The number of carbonyl (C=O) groups is 1. The van der Waals surface area contributed by atoms with Gasteiger partial charge in [-0.1, -0.05) is 35.9 Å². The number of aliphatic hydroxyl groups is 1. The highest BCUT2D eigenvalue weighted by molar-refractivity contribution is 5.98. The monoisotopic (exact) mass is 284 g/mol. The minimum absolute atomic E-state index is 0.0214. The van der Waals surface area contributed by atoms with Crippen LogP contribution in [0.2, 0.25) is 0 Å². The molecule has 2 aromatic rings. The molecule has 0 heterocycles. The molecule has 2 aromatic carbocycles. The normalized spacial score (nSPS) is 10.4. The summed E-state index contributed by atoms with van der Waals surface area (Å²) in [5.74, 6) is 0.640. The van der Waals surface area contributed by atoms with Crippen LogP contribution in [0.5, 0.6) is 5.75 Å². The number of benzene rings is 2. The van der Waals surface area contributed by atoms with Gasteiger partial charge in [0, 0.05) is 12.2 Å². The number of Topliss-reactive ketones (excluding diaryl/α,β-unsaturated/α-hetero) is 1. The number of aryl methyl sites for hydroxylation is 2. The van der Waals surface area contributed by atoms with Crippen molar-refractivity contribution in [2.75, 3.05) is 13.2 Å². The van der Waals surface area contributed by atoms with Crippen LogP contribution in [0.25, 0.3) is 0 Å². The minimum atomic E-state index is -0.0214. The molecule has 0 aliphatic heterocycles. The van der Waals surface area contributed by atoms with Gasteiger partial charge in [-0.3, -0.25) is 4.79 Å². The third-order valence-electron chi connectivity index (χ3n) is 3.38. The average Bonchev–Trinajstić information content (AvgIpc) is 2.46. The first-order chi connectivity index (χ1) is 10.1. The van der Waals surface area contributed by atoms with Gasteiger partial charge in [0.15, 0.2) is 12.4 Å². The lowest BCUT2D eigenvalue weighted by Crippen LogP contribution is -2.13. The van der Waals surface area contributed by atoms with Crippen LogP contribution >= 0.6 is 0 Å². The maximum atomic E-state index is 12.2. The molecule has 0 amide bonds. The Morgan fingerprint density at radius 1 is 1.10 bits per heavy atom. The predicted molar refractivity (Wildman–Crippen MR) is 83.0 cm³/mol. The molecular formula is C18H20O3. The lowest BCUT2D eigenvalue weighted by molar-refractivity contribution is 0.0921. The Morgan fingerprint density at radius 3 is 2.43 bits per heavy atom. The van der Waals surface area contributed by atoms with Crippen molar-refractivity contribution < 1.29 is 14.6 Å². The highest BCUT2D eigenvalue weighted by atomic mass is 16.5. The molecule has 0 aliphatic carbocycles. The van der Waals surface area contributed by atoms with Crippen LogP contribution in [0.4, 0.5) is 0 Å². The maximum Gasteiger partial charge on any atom is 0.200 e. The van der Waals surface area contributed by atoms with E-state index in [0.717, 1.165) is 16.7 Å². The summed E-state index contributed by atoms with van der Waals surface area (Å²) in [5, 5.41) is 8.86. The predicted octanol–water partition coefficient (Wildman–Crippen LogP) is 3.10. The number of carbonyl (C=O) groups excluding carboxylic acids is 1. The Hall–Kier alpha value is -2.13. The zero-order valence-corrected chi connectivity index (χ0v) is 12.4. The van der Waals surface area contributed by atoms with Crippen molar-refractivity contribution in [2.24, 2.45) is 0 Å². The van der Waals surface area contributed by atoms with Crippen LogP contribution in [0.3, 0.4) is 0 Å². The van der Waals surface area contributed by atoms with Crippen LogP contribution in [0, 0.1) is 13.8 Å². The smallest absolute Gasteiger partial charge is 0.200 e. The number of hydrogen-bond donors (Lipinski definition) is 1. The van der Waals surface area contributed by atoms with E-state index in [-0.39, 0.29) is 19.0 Å². The molecule has 0 bridgehead atoms. The van der Waals surface area contributed by atoms with E-state index in [1.807, 2.05) is 56.3 Å². The Balaban J connectivity index is 1.97. The van der Waals surface area contributed by atoms with Crippen LogP contribution in [0.15, 0.2) is 42.5 Å². The summed E-state index contributed by atoms with van der Waals surface area (Å²) in [4.78, 5) is 12.2. The minimum Gasteiger partial charge on any atom is -0.485 e. The highest BCUT2D eigenvalue weighted by Crippen LogP contribution is 2.15. The molecule has 21 heavy (non-hydrogen) atoms. The lowest BCUT2D eigenvalue weighted by atomic mass is 10.0. The first kappa shape index (κ1) is 15.3. The lowest BCUT2D eigenvalue weighted by Gasteiger charge is -2.08. The van der Waals surface area contributed by atoms with E-state index in [4.69, 9.17) is 9.84 Å². The van der Waals surface area contributed by atoms with Gasteiger partial charge in [0.05, 0.1) is 0 Å². The van der Waals surface area contributed by atoms with Gasteiger partial charge in [-0.05, 0) is 43.5 Å². The largest absolute Gasteiger partial charge is 0.485 e. The molecule has 3 heteroatoms. The first-order valence-electron chi connectivity index (χ1n) is 7.03. The van der Waals surface area contributed by atoms with E-state index >= 15 is 0 Å². The fourth-order valence-corrected chi connectivity index (χ4v) is 2.23. The molecule has 0 fully saturated rings. The Labute approximate surface area is 125 Å². The number of rotatable bonds is 6. The summed E-state index contributed by atoms with van der Waals surface area (Å²) in [6, 6.07) is 13.2. The molecule has 0 aromatic heterocycles. The van der Waals surface area contributed by atoms with Crippen molar-refractivity contribution in [2.45, 2.75) is 20.3 Å². The van der Waals surface area contributed by atoms with Crippen molar-refractivity contribution in [1.29, 1.82) is 0 Å². The molecule has 0 unspecified atom stereocenters. The van der Waals surface area contributed by atoms with Crippen molar-refractivity contribution in [1.82, 2.24) is 0 Å². The van der Waals surface area contributed by atoms with Gasteiger partial charge >= 0.3 is 0 Å². The molecule has 2 rings (SSSR count). The average molecular weight is 284 g/mol. The van der Waals surface area contributed by atoms with Gasteiger partial charge in [-0.2, -0.15) is 0 Å². The highest BCUT2D eigenvalue weighted by Gasteiger charge is 2.10. The molecule has 0 atom stereocenters. The van der Waals surface area contributed by atoms with E-state index in [1.54, 1.807) is 0 Å². The van der Waals surface area contributed by atoms with Crippen molar-refractivity contribution >= 4 is 5.78 Å². The summed E-state index contributed by atoms with van der Waals surface area (Å²) in [7, 11) is 0. The summed E-state index contributed by atoms with van der Waals surface area (Å²) in [6.45, 7) is 4.10. The van der Waals surface area contributed by atoms with Crippen molar-refractivity contribution in [3.63, 3.8) is 0 Å². The summed E-state index contributed by atoms with van der Waals surface area (Å²) in [6.07, 6.45) is 0.627. The van der Waals surface area contributed by atoms with Gasteiger partial charge < -0.3 is 9.84 Å². The Bertz CT molecular complexity index is 615. The molecule has 0 saturated heterocycles. The van der Waals surface area contributed by atoms with E-state index < -0.39 is 0 Å². The molecule has 0 saturated carbocycles. The molecule has 0 radical (unpaired) electrons. The number of ketones is 1. The van der Waals surface area contributed by atoms with Crippen LogP contribution in [-0.4, -0.2) is 24.1 Å². The second kappa shape index (κ2) is 7.04. The van der Waals surface area contributed by atoms with Crippen molar-refractivity contribution in [3.05, 3.63) is 64.7 Å². The zero-order chi connectivity index (χ0) is 15.2. The fraction of sp³-hybridized carbons (Fsp3) is 0.278. The quantitative estimate of drug-likeness (QED) is 0.829.